The van der Waals surface area contributed by atoms with Gasteiger partial charge in [-0.2, -0.15) is 5.10 Å². The van der Waals surface area contributed by atoms with Crippen LogP contribution >= 0.6 is 15.9 Å². The van der Waals surface area contributed by atoms with Crippen molar-refractivity contribution in [3.05, 3.63) is 85.7 Å². The van der Waals surface area contributed by atoms with Gasteiger partial charge in [0.05, 0.1) is 44.9 Å². The van der Waals surface area contributed by atoms with Crippen molar-refractivity contribution in [1.82, 2.24) is 30.2 Å². The largest absolute Gasteiger partial charge is 0.379 e. The summed E-state index contributed by atoms with van der Waals surface area (Å²) in [4.78, 5) is 77.7. The number of aryl methyl sites for hydroxylation is 1. The lowest BCUT2D eigenvalue weighted by Crippen LogP contribution is -2.52. The van der Waals surface area contributed by atoms with E-state index in [1.54, 1.807) is 31.4 Å². The second kappa shape index (κ2) is 19.4. The molecule has 0 bridgehead atoms. The van der Waals surface area contributed by atoms with Crippen LogP contribution in [-0.2, 0) is 42.2 Å². The molecule has 3 aliphatic rings. The summed E-state index contributed by atoms with van der Waals surface area (Å²) in [6, 6.07) is 12.0. The smallest absolute Gasteiger partial charge is 0.282 e. The molecule has 0 saturated carbocycles. The van der Waals surface area contributed by atoms with Crippen LogP contribution < -0.4 is 26.8 Å². The lowest BCUT2D eigenvalue weighted by molar-refractivity contribution is -0.137. The number of imide groups is 1. The zero-order valence-electron chi connectivity index (χ0n) is 31.9. The number of likely N-dealkylation sites (N-methyl/N-ethyl adjacent to an activating group) is 1. The lowest BCUT2D eigenvalue weighted by Gasteiger charge is -2.37. The fraction of sp³-hybridized carbons (Fsp3) is 0.462. The van der Waals surface area contributed by atoms with Crippen molar-refractivity contribution in [2.45, 2.75) is 43.8 Å². The number of nitrogens with zero attached hydrogens (tertiary/aromatic N) is 4. The molecular formula is C39H47BrN8O9. The number of hydrogen-bond acceptors (Lipinski definition) is 12. The van der Waals surface area contributed by atoms with Gasteiger partial charge in [-0.05, 0) is 83.2 Å². The molecule has 6 rings (SSSR count). The Morgan fingerprint density at radius 2 is 1.68 bits per heavy atom. The summed E-state index contributed by atoms with van der Waals surface area (Å²) in [6.07, 6.45) is 2.97. The van der Waals surface area contributed by atoms with Crippen molar-refractivity contribution in [3.8, 4) is 0 Å². The Balaban J connectivity index is 0.803. The molecule has 57 heavy (non-hydrogen) atoms. The van der Waals surface area contributed by atoms with E-state index in [0.29, 0.717) is 58.9 Å². The Bertz CT molecular complexity index is 2030. The number of carbonyl (C=O) groups excluding carboxylic acids is 5. The maximum Gasteiger partial charge on any atom is 0.282 e. The number of halogens is 1. The second-order valence-corrected chi connectivity index (χ2v) is 15.1. The van der Waals surface area contributed by atoms with Gasteiger partial charge in [-0.25, -0.2) is 4.68 Å². The number of hydrogen-bond donors (Lipinski definition) is 4. The fourth-order valence-corrected chi connectivity index (χ4v) is 7.67. The molecule has 4 heterocycles. The molecule has 304 valence electrons. The number of piperidine rings is 2. The summed E-state index contributed by atoms with van der Waals surface area (Å²) in [6.45, 7) is 3.49. The Kier molecular flexibility index (Phi) is 14.2. The van der Waals surface area contributed by atoms with Crippen LogP contribution in [0.15, 0.2) is 57.9 Å². The average molecular weight is 852 g/mol. The maximum atomic E-state index is 12.9. The molecule has 2 saturated heterocycles. The van der Waals surface area contributed by atoms with Crippen LogP contribution in [0.25, 0.3) is 0 Å². The molecule has 2 fully saturated rings. The minimum Gasteiger partial charge on any atom is -0.379 e. The fourth-order valence-electron chi connectivity index (χ4n) is 7.20. The van der Waals surface area contributed by atoms with Crippen LogP contribution in [0.2, 0.25) is 0 Å². The van der Waals surface area contributed by atoms with Gasteiger partial charge in [0.15, 0.2) is 0 Å². The molecule has 0 aliphatic carbocycles. The minimum absolute atomic E-state index is 0.114. The van der Waals surface area contributed by atoms with E-state index in [1.165, 1.54) is 9.58 Å². The van der Waals surface area contributed by atoms with E-state index < -0.39 is 11.9 Å². The van der Waals surface area contributed by atoms with Gasteiger partial charge < -0.3 is 40.0 Å². The van der Waals surface area contributed by atoms with Crippen LogP contribution in [0.1, 0.15) is 57.0 Å². The van der Waals surface area contributed by atoms with Crippen molar-refractivity contribution >= 4 is 56.8 Å². The molecule has 3 aromatic rings. The Hall–Kier alpha value is -5.01. The molecule has 18 heteroatoms. The van der Waals surface area contributed by atoms with E-state index in [4.69, 9.17) is 14.2 Å². The van der Waals surface area contributed by atoms with Gasteiger partial charge in [-0.1, -0.05) is 12.1 Å². The third-order valence-corrected chi connectivity index (χ3v) is 10.8. The van der Waals surface area contributed by atoms with Crippen LogP contribution in [0.4, 0.5) is 11.4 Å². The van der Waals surface area contributed by atoms with Crippen molar-refractivity contribution in [3.63, 3.8) is 0 Å². The summed E-state index contributed by atoms with van der Waals surface area (Å²) < 4.78 is 18.2. The van der Waals surface area contributed by atoms with Gasteiger partial charge in [0.1, 0.15) is 17.1 Å². The van der Waals surface area contributed by atoms with Crippen molar-refractivity contribution < 1.29 is 38.2 Å². The topological polar surface area (TPSA) is 203 Å². The van der Waals surface area contributed by atoms with Gasteiger partial charge >= 0.3 is 0 Å². The molecule has 1 aromatic heterocycles. The Morgan fingerprint density at radius 1 is 0.947 bits per heavy atom. The SMILES string of the molecule is CN1C[C@H](Nc2cnn(C)c(=O)c2Br)C[C@H](c2ccc(C(=O)NCCOCCOCCOCC(=O)Nc3ccc4c(c3)CN(C3CCC(=O)NC3=O)C4=O)cc2)C1. The monoisotopic (exact) mass is 850 g/mol. The number of nitrogens with one attached hydrogen (secondary N) is 4. The molecule has 2 aromatic carbocycles. The van der Waals surface area contributed by atoms with E-state index in [9.17, 15) is 28.8 Å². The maximum absolute atomic E-state index is 12.9. The number of carbonyl (C=O) groups is 5. The van der Waals surface area contributed by atoms with Crippen LogP contribution in [0, 0.1) is 0 Å². The van der Waals surface area contributed by atoms with Crippen molar-refractivity contribution in [1.29, 1.82) is 0 Å². The Labute approximate surface area is 337 Å². The van der Waals surface area contributed by atoms with E-state index in [2.05, 4.69) is 54.2 Å². The second-order valence-electron chi connectivity index (χ2n) is 14.3. The summed E-state index contributed by atoms with van der Waals surface area (Å²) >= 11 is 3.39. The van der Waals surface area contributed by atoms with E-state index in [1.807, 2.05) is 24.3 Å². The first kappa shape index (κ1) is 41.6. The van der Waals surface area contributed by atoms with Crippen molar-refractivity contribution in [2.24, 2.45) is 7.05 Å². The number of likely N-dealkylation sites (tertiary alicyclic amines) is 1. The lowest BCUT2D eigenvalue weighted by atomic mass is 9.87. The molecule has 0 spiro atoms. The number of anilines is 2. The number of fused-ring (bicyclic) bond motifs is 1. The summed E-state index contributed by atoms with van der Waals surface area (Å²) in [5.74, 6) is -1.41. The molecule has 3 aliphatic heterocycles. The standard InChI is InChI=1S/C39H47BrN8O9/c1-46-20-26(17-29(22-46)43-31-19-42-47(2)39(54)35(31)40)24-3-5-25(6-4-24)36(51)41-11-12-55-13-14-56-15-16-57-23-34(50)44-28-7-8-30-27(18-28)21-48(38(30)53)32-9-10-33(49)45-37(32)52/h3-8,18-19,26,29,32,43H,9-17,20-23H2,1-2H3,(H,41,51)(H,44,50)(H,45,49,52)/t26-,29+,32?/m0/s1. The van der Waals surface area contributed by atoms with E-state index >= 15 is 0 Å². The number of aromatic nitrogens is 2. The van der Waals surface area contributed by atoms with E-state index in [0.717, 1.165) is 25.1 Å². The highest BCUT2D eigenvalue weighted by atomic mass is 79.9. The predicted molar refractivity (Wildman–Crippen MR) is 212 cm³/mol. The zero-order valence-corrected chi connectivity index (χ0v) is 33.5. The van der Waals surface area contributed by atoms with Gasteiger partial charge in [0.25, 0.3) is 17.4 Å². The Morgan fingerprint density at radius 3 is 2.44 bits per heavy atom. The third kappa shape index (κ3) is 10.9. The normalized spacial score (nSPS) is 19.6. The van der Waals surface area contributed by atoms with Gasteiger partial charge in [-0.15, -0.1) is 0 Å². The molecule has 17 nitrogen and oxygen atoms in total. The number of amides is 5. The predicted octanol–water partition coefficient (Wildman–Crippen LogP) is 1.62. The zero-order chi connectivity index (χ0) is 40.5. The highest BCUT2D eigenvalue weighted by molar-refractivity contribution is 9.10. The number of benzene rings is 2. The highest BCUT2D eigenvalue weighted by Crippen LogP contribution is 2.31. The highest BCUT2D eigenvalue weighted by Gasteiger charge is 2.39. The third-order valence-electron chi connectivity index (χ3n) is 10.0. The minimum atomic E-state index is -0.705. The average Bonchev–Trinajstić information content (AvgIpc) is 3.51. The van der Waals surface area contributed by atoms with Gasteiger partial charge in [0.2, 0.25) is 17.7 Å². The summed E-state index contributed by atoms with van der Waals surface area (Å²) in [5, 5.41) is 15.5. The van der Waals surface area contributed by atoms with Crippen LogP contribution in [0.5, 0.6) is 0 Å². The molecule has 4 N–H and O–H groups in total. The summed E-state index contributed by atoms with van der Waals surface area (Å²) in [5.41, 5.74) is 3.82. The van der Waals surface area contributed by atoms with E-state index in [-0.39, 0.29) is 80.4 Å². The molecule has 5 amide bonds. The molecule has 3 atom stereocenters. The quantitative estimate of drug-likeness (QED) is 0.113. The van der Waals surface area contributed by atoms with Gasteiger partial charge in [0, 0.05) is 62.5 Å². The first-order chi connectivity index (χ1) is 27.5. The summed E-state index contributed by atoms with van der Waals surface area (Å²) in [7, 11) is 3.68. The van der Waals surface area contributed by atoms with Crippen LogP contribution in [-0.4, -0.2) is 128 Å². The van der Waals surface area contributed by atoms with Gasteiger partial charge in [-0.3, -0.25) is 34.1 Å². The molecule has 0 radical (unpaired) electrons. The molecule has 1 unspecified atom stereocenters. The first-order valence-corrected chi connectivity index (χ1v) is 19.6. The molecular weight excluding hydrogens is 804 g/mol. The van der Waals surface area contributed by atoms with Crippen LogP contribution in [0.3, 0.4) is 0 Å². The number of rotatable bonds is 17. The first-order valence-electron chi connectivity index (χ1n) is 18.8. The number of ether oxygens (including phenoxy) is 3. The van der Waals surface area contributed by atoms with Crippen molar-refractivity contribution in [2.75, 3.05) is 77.0 Å².